The van der Waals surface area contributed by atoms with Crippen LogP contribution in [-0.2, 0) is 10.0 Å². The first-order valence-electron chi connectivity index (χ1n) is 9.82. The van der Waals surface area contributed by atoms with E-state index in [-0.39, 0.29) is 11.7 Å². The predicted octanol–water partition coefficient (Wildman–Crippen LogP) is 5.72. The molecular weight excluding hydrogens is 434 g/mol. The molecule has 1 aromatic heterocycles. The van der Waals surface area contributed by atoms with Crippen molar-refractivity contribution < 1.29 is 23.1 Å². The molecule has 2 N–H and O–H groups in total. The van der Waals surface area contributed by atoms with E-state index in [0.717, 1.165) is 21.6 Å². The Labute approximate surface area is 186 Å². The molecule has 0 aliphatic carbocycles. The number of aromatic carboxylic acids is 1. The molecule has 0 spiro atoms. The van der Waals surface area contributed by atoms with Crippen LogP contribution in [-0.4, -0.2) is 30.8 Å². The number of anilines is 1. The van der Waals surface area contributed by atoms with Crippen molar-refractivity contribution in [2.45, 2.75) is 39.0 Å². The Bertz CT molecular complexity index is 1180. The third-order valence-electron chi connectivity index (χ3n) is 4.59. The maximum Gasteiger partial charge on any atom is 0.335 e. The zero-order chi connectivity index (χ0) is 22.8. The molecule has 0 bridgehead atoms. The molecule has 0 amide bonds. The van der Waals surface area contributed by atoms with Crippen LogP contribution in [0.25, 0.3) is 21.6 Å². The van der Waals surface area contributed by atoms with Crippen LogP contribution in [0.5, 0.6) is 5.75 Å². The average molecular weight is 460 g/mol. The van der Waals surface area contributed by atoms with Crippen molar-refractivity contribution in [3.63, 3.8) is 0 Å². The lowest BCUT2D eigenvalue weighted by Gasteiger charge is -2.16. The minimum absolute atomic E-state index is 0.107. The van der Waals surface area contributed by atoms with Gasteiger partial charge >= 0.3 is 5.97 Å². The SMILES string of the molecule is CC(C)Oc1cc(C(=O)O)ccc1-c1ccc(-c2sccc2NS(=O)(=O)C(C)C)cc1. The molecule has 3 aromatic rings. The van der Waals surface area contributed by atoms with Gasteiger partial charge in [-0.05, 0) is 68.5 Å². The number of carboxylic acid groups (broad SMARTS) is 1. The number of ether oxygens (including phenoxy) is 1. The van der Waals surface area contributed by atoms with Gasteiger partial charge in [-0.25, -0.2) is 13.2 Å². The Morgan fingerprint density at radius 2 is 1.65 bits per heavy atom. The molecule has 2 aromatic carbocycles. The number of sulfonamides is 1. The monoisotopic (exact) mass is 459 g/mol. The molecule has 0 fully saturated rings. The molecule has 0 radical (unpaired) electrons. The number of hydrogen-bond donors (Lipinski definition) is 2. The first kappa shape index (κ1) is 22.8. The molecular formula is C23H25NO5S2. The van der Waals surface area contributed by atoms with E-state index in [0.29, 0.717) is 11.4 Å². The molecule has 8 heteroatoms. The molecule has 3 rings (SSSR count). The quantitative estimate of drug-likeness (QED) is 0.450. The van der Waals surface area contributed by atoms with Crippen molar-refractivity contribution in [2.75, 3.05) is 4.72 Å². The summed E-state index contributed by atoms with van der Waals surface area (Å²) in [7, 11) is -3.44. The summed E-state index contributed by atoms with van der Waals surface area (Å²) in [5.41, 5.74) is 3.26. The van der Waals surface area contributed by atoms with Gasteiger partial charge in [0.15, 0.2) is 0 Å². The van der Waals surface area contributed by atoms with E-state index in [9.17, 15) is 18.3 Å². The molecule has 0 aliphatic heterocycles. The number of carboxylic acids is 1. The maximum atomic E-state index is 12.3. The Kier molecular flexibility index (Phi) is 6.71. The lowest BCUT2D eigenvalue weighted by Crippen LogP contribution is -2.22. The van der Waals surface area contributed by atoms with Crippen molar-refractivity contribution in [1.82, 2.24) is 0 Å². The summed E-state index contributed by atoms with van der Waals surface area (Å²) in [5, 5.41) is 10.6. The second-order valence-electron chi connectivity index (χ2n) is 7.62. The van der Waals surface area contributed by atoms with Crippen molar-refractivity contribution >= 4 is 33.0 Å². The van der Waals surface area contributed by atoms with Crippen LogP contribution in [0.15, 0.2) is 53.9 Å². The van der Waals surface area contributed by atoms with Gasteiger partial charge in [-0.2, -0.15) is 0 Å². The van der Waals surface area contributed by atoms with Gasteiger partial charge < -0.3 is 9.84 Å². The Balaban J connectivity index is 1.95. The predicted molar refractivity (Wildman–Crippen MR) is 126 cm³/mol. The van der Waals surface area contributed by atoms with Gasteiger partial charge in [-0.15, -0.1) is 11.3 Å². The van der Waals surface area contributed by atoms with E-state index in [1.165, 1.54) is 17.4 Å². The maximum absolute atomic E-state index is 12.3. The Morgan fingerprint density at radius 3 is 2.23 bits per heavy atom. The van der Waals surface area contributed by atoms with E-state index >= 15 is 0 Å². The Hall–Kier alpha value is -2.84. The van der Waals surface area contributed by atoms with E-state index in [1.54, 1.807) is 32.0 Å². The van der Waals surface area contributed by atoms with Crippen LogP contribution in [0.1, 0.15) is 38.1 Å². The first-order chi connectivity index (χ1) is 14.6. The van der Waals surface area contributed by atoms with Crippen molar-refractivity contribution in [3.8, 4) is 27.3 Å². The topological polar surface area (TPSA) is 92.7 Å². The molecule has 1 heterocycles. The highest BCUT2D eigenvalue weighted by molar-refractivity contribution is 7.93. The van der Waals surface area contributed by atoms with Gasteiger partial charge in [-0.3, -0.25) is 4.72 Å². The number of thiophene rings is 1. The normalized spacial score (nSPS) is 11.7. The van der Waals surface area contributed by atoms with Gasteiger partial charge in [-0.1, -0.05) is 24.3 Å². The highest BCUT2D eigenvalue weighted by Gasteiger charge is 2.19. The average Bonchev–Trinajstić information content (AvgIpc) is 3.15. The zero-order valence-corrected chi connectivity index (χ0v) is 19.4. The second-order valence-corrected chi connectivity index (χ2v) is 10.8. The molecule has 0 atom stereocenters. The van der Waals surface area contributed by atoms with E-state index < -0.39 is 21.2 Å². The number of nitrogens with one attached hydrogen (secondary N) is 1. The summed E-state index contributed by atoms with van der Waals surface area (Å²) in [4.78, 5) is 12.2. The van der Waals surface area contributed by atoms with Crippen LogP contribution in [0.4, 0.5) is 5.69 Å². The fourth-order valence-corrected chi connectivity index (χ4v) is 4.57. The number of rotatable bonds is 8. The van der Waals surface area contributed by atoms with Crippen LogP contribution in [0.3, 0.4) is 0 Å². The van der Waals surface area contributed by atoms with Gasteiger partial charge in [0.1, 0.15) is 5.75 Å². The van der Waals surface area contributed by atoms with Gasteiger partial charge in [0.05, 0.1) is 27.5 Å². The first-order valence-corrected chi connectivity index (χ1v) is 12.2. The third-order valence-corrected chi connectivity index (χ3v) is 7.30. The highest BCUT2D eigenvalue weighted by atomic mass is 32.2. The van der Waals surface area contributed by atoms with E-state index in [1.807, 2.05) is 43.5 Å². The number of benzene rings is 2. The number of carbonyl (C=O) groups is 1. The lowest BCUT2D eigenvalue weighted by atomic mass is 10.0. The van der Waals surface area contributed by atoms with Crippen LogP contribution < -0.4 is 9.46 Å². The summed E-state index contributed by atoms with van der Waals surface area (Å²) in [5.74, 6) is -0.506. The summed E-state index contributed by atoms with van der Waals surface area (Å²) >= 11 is 1.46. The molecule has 164 valence electrons. The summed E-state index contributed by atoms with van der Waals surface area (Å²) in [6, 6.07) is 14.2. The summed E-state index contributed by atoms with van der Waals surface area (Å²) in [6.07, 6.45) is -0.107. The van der Waals surface area contributed by atoms with Crippen molar-refractivity contribution in [2.24, 2.45) is 0 Å². The fourth-order valence-electron chi connectivity index (χ4n) is 2.93. The van der Waals surface area contributed by atoms with Crippen LogP contribution >= 0.6 is 11.3 Å². The van der Waals surface area contributed by atoms with E-state index in [2.05, 4.69) is 4.72 Å². The van der Waals surface area contributed by atoms with Gasteiger partial charge in [0.25, 0.3) is 0 Å². The highest BCUT2D eigenvalue weighted by Crippen LogP contribution is 2.37. The van der Waals surface area contributed by atoms with Crippen LogP contribution in [0, 0.1) is 0 Å². The smallest absolute Gasteiger partial charge is 0.335 e. The third kappa shape index (κ3) is 5.26. The molecule has 0 unspecified atom stereocenters. The summed E-state index contributed by atoms with van der Waals surface area (Å²) in [6.45, 7) is 7.04. The molecule has 31 heavy (non-hydrogen) atoms. The van der Waals surface area contributed by atoms with Crippen molar-refractivity contribution in [3.05, 3.63) is 59.5 Å². The standard InChI is InChI=1S/C23H25NO5S2/c1-14(2)29-21-13-18(23(25)26)9-10-19(21)16-5-7-17(8-6-16)22-20(11-12-30-22)24-31(27,28)15(3)4/h5-15,24H,1-4H3,(H,25,26). The zero-order valence-electron chi connectivity index (χ0n) is 17.7. The minimum atomic E-state index is -3.44. The lowest BCUT2D eigenvalue weighted by molar-refractivity contribution is 0.0696. The van der Waals surface area contributed by atoms with E-state index in [4.69, 9.17) is 4.74 Å². The minimum Gasteiger partial charge on any atom is -0.490 e. The summed E-state index contributed by atoms with van der Waals surface area (Å²) < 4.78 is 33.0. The number of hydrogen-bond acceptors (Lipinski definition) is 5. The molecule has 0 aliphatic rings. The van der Waals surface area contributed by atoms with Gasteiger partial charge in [0, 0.05) is 5.56 Å². The largest absolute Gasteiger partial charge is 0.490 e. The van der Waals surface area contributed by atoms with Crippen LogP contribution in [0.2, 0.25) is 0 Å². The second kappa shape index (κ2) is 9.11. The fraction of sp³-hybridized carbons (Fsp3) is 0.261. The molecule has 0 saturated carbocycles. The van der Waals surface area contributed by atoms with Crippen molar-refractivity contribution in [1.29, 1.82) is 0 Å². The Morgan fingerprint density at radius 1 is 1.00 bits per heavy atom. The molecule has 6 nitrogen and oxygen atoms in total. The molecule has 0 saturated heterocycles. The van der Waals surface area contributed by atoms with Gasteiger partial charge in [0.2, 0.25) is 10.0 Å².